The molecule has 0 atom stereocenters. The number of halogens is 1. The molecule has 8 heteroatoms. The van der Waals surface area contributed by atoms with Crippen molar-refractivity contribution in [2.24, 2.45) is 0 Å². The number of hydrogen-bond donors (Lipinski definition) is 1. The first-order valence-electron chi connectivity index (χ1n) is 9.45. The Kier molecular flexibility index (Phi) is 5.14. The van der Waals surface area contributed by atoms with Crippen LogP contribution in [-0.4, -0.2) is 33.2 Å². The van der Waals surface area contributed by atoms with Crippen LogP contribution < -0.4 is 9.64 Å². The lowest BCUT2D eigenvalue weighted by atomic mass is 10.0. The minimum Gasteiger partial charge on any atom is -0.496 e. The van der Waals surface area contributed by atoms with Gasteiger partial charge in [-0.3, -0.25) is 19.8 Å². The quantitative estimate of drug-likeness (QED) is 0.527. The van der Waals surface area contributed by atoms with Crippen molar-refractivity contribution in [3.8, 4) is 16.9 Å². The molecule has 0 aliphatic rings. The number of fused-ring (bicyclic) bond motifs is 1. The molecule has 3 heterocycles. The molecule has 7 nitrogen and oxygen atoms in total. The van der Waals surface area contributed by atoms with Crippen LogP contribution in [0.2, 0.25) is 0 Å². The summed E-state index contributed by atoms with van der Waals surface area (Å²) in [6.07, 6.45) is 6.74. The molecule has 1 amide bonds. The summed E-state index contributed by atoms with van der Waals surface area (Å²) in [5.74, 6) is -0.277. The lowest BCUT2D eigenvalue weighted by molar-refractivity contribution is -0.117. The SMILES string of the molecule is CCC(=O)N(c1ncccc1F)c1c(C)cnc2cc(OC)c(-c3cn[nH]c3)cc12. The average Bonchev–Trinajstić information content (AvgIpc) is 3.30. The molecule has 152 valence electrons. The summed E-state index contributed by atoms with van der Waals surface area (Å²) in [5, 5.41) is 7.48. The molecule has 0 saturated carbocycles. The Morgan fingerprint density at radius 2 is 2.10 bits per heavy atom. The second kappa shape index (κ2) is 7.90. The van der Waals surface area contributed by atoms with E-state index in [4.69, 9.17) is 4.74 Å². The van der Waals surface area contributed by atoms with Crippen LogP contribution in [0.3, 0.4) is 0 Å². The van der Waals surface area contributed by atoms with Gasteiger partial charge in [0.25, 0.3) is 0 Å². The molecule has 4 aromatic rings. The van der Waals surface area contributed by atoms with Gasteiger partial charge in [-0.15, -0.1) is 0 Å². The Hall–Kier alpha value is -3.81. The third kappa shape index (κ3) is 3.26. The van der Waals surface area contributed by atoms with E-state index >= 15 is 0 Å². The van der Waals surface area contributed by atoms with Crippen molar-refractivity contribution in [1.82, 2.24) is 20.2 Å². The first-order valence-corrected chi connectivity index (χ1v) is 9.45. The van der Waals surface area contributed by atoms with Crippen LogP contribution in [0.4, 0.5) is 15.9 Å². The highest BCUT2D eigenvalue weighted by Gasteiger charge is 2.26. The summed E-state index contributed by atoms with van der Waals surface area (Å²) in [6.45, 7) is 3.56. The number of nitrogens with zero attached hydrogens (tertiary/aromatic N) is 4. The summed E-state index contributed by atoms with van der Waals surface area (Å²) in [4.78, 5) is 22.9. The fourth-order valence-electron chi connectivity index (χ4n) is 3.44. The number of H-pyrrole nitrogens is 1. The van der Waals surface area contributed by atoms with Crippen molar-refractivity contribution < 1.29 is 13.9 Å². The average molecular weight is 405 g/mol. The summed E-state index contributed by atoms with van der Waals surface area (Å²) in [7, 11) is 1.58. The van der Waals surface area contributed by atoms with Gasteiger partial charge in [0.05, 0.1) is 24.5 Å². The van der Waals surface area contributed by atoms with Crippen molar-refractivity contribution in [2.75, 3.05) is 12.0 Å². The van der Waals surface area contributed by atoms with Crippen LogP contribution >= 0.6 is 0 Å². The molecule has 0 fully saturated rings. The van der Waals surface area contributed by atoms with Gasteiger partial charge in [0.1, 0.15) is 5.75 Å². The number of pyridine rings is 2. The van der Waals surface area contributed by atoms with E-state index < -0.39 is 5.82 Å². The van der Waals surface area contributed by atoms with E-state index in [1.807, 2.05) is 13.0 Å². The van der Waals surface area contributed by atoms with Gasteiger partial charge in [0.15, 0.2) is 11.6 Å². The molecule has 30 heavy (non-hydrogen) atoms. The second-order valence-electron chi connectivity index (χ2n) is 6.74. The van der Waals surface area contributed by atoms with Gasteiger partial charge in [0, 0.05) is 47.6 Å². The lowest BCUT2D eigenvalue weighted by Crippen LogP contribution is -2.28. The van der Waals surface area contributed by atoms with Crippen LogP contribution in [0.1, 0.15) is 18.9 Å². The van der Waals surface area contributed by atoms with Gasteiger partial charge in [-0.25, -0.2) is 9.37 Å². The van der Waals surface area contributed by atoms with Crippen molar-refractivity contribution >= 4 is 28.3 Å². The Labute approximate surface area is 172 Å². The minimum atomic E-state index is -0.577. The van der Waals surface area contributed by atoms with E-state index in [1.54, 1.807) is 38.7 Å². The maximum Gasteiger partial charge on any atom is 0.232 e. The van der Waals surface area contributed by atoms with Crippen LogP contribution in [-0.2, 0) is 4.79 Å². The monoisotopic (exact) mass is 405 g/mol. The Balaban J connectivity index is 2.05. The molecule has 0 saturated heterocycles. The molecule has 0 aliphatic carbocycles. The van der Waals surface area contributed by atoms with Gasteiger partial charge in [-0.2, -0.15) is 5.10 Å². The zero-order valence-corrected chi connectivity index (χ0v) is 16.8. The van der Waals surface area contributed by atoms with E-state index in [2.05, 4.69) is 20.2 Å². The molecule has 0 aliphatic heterocycles. The third-order valence-electron chi connectivity index (χ3n) is 4.88. The Morgan fingerprint density at radius 3 is 2.77 bits per heavy atom. The molecule has 0 unspecified atom stereocenters. The molecular formula is C22H20FN5O2. The number of carbonyl (C=O) groups excluding carboxylic acids is 1. The van der Waals surface area contributed by atoms with Gasteiger partial charge in [-0.05, 0) is 30.7 Å². The van der Waals surface area contributed by atoms with E-state index in [1.165, 1.54) is 23.2 Å². The zero-order valence-electron chi connectivity index (χ0n) is 16.8. The van der Waals surface area contributed by atoms with E-state index in [0.29, 0.717) is 22.3 Å². The van der Waals surface area contributed by atoms with Gasteiger partial charge >= 0.3 is 0 Å². The highest BCUT2D eigenvalue weighted by atomic mass is 19.1. The smallest absolute Gasteiger partial charge is 0.232 e. The number of aromatic amines is 1. The highest BCUT2D eigenvalue weighted by Crippen LogP contribution is 2.40. The summed E-state index contributed by atoms with van der Waals surface area (Å²) in [6, 6.07) is 6.46. The number of nitrogens with one attached hydrogen (secondary N) is 1. The molecule has 0 bridgehead atoms. The molecule has 3 aromatic heterocycles. The topological polar surface area (TPSA) is 84.0 Å². The van der Waals surface area contributed by atoms with Gasteiger partial charge in [-0.1, -0.05) is 6.92 Å². The fourth-order valence-corrected chi connectivity index (χ4v) is 3.44. The predicted molar refractivity (Wildman–Crippen MR) is 112 cm³/mol. The maximum atomic E-state index is 14.7. The maximum absolute atomic E-state index is 14.7. The summed E-state index contributed by atoms with van der Waals surface area (Å²) in [5.41, 5.74) is 3.47. The lowest BCUT2D eigenvalue weighted by Gasteiger charge is -2.25. The number of carbonyl (C=O) groups is 1. The fraction of sp³-hybridized carbons (Fsp3) is 0.182. The predicted octanol–water partition coefficient (Wildman–Crippen LogP) is 4.55. The number of aryl methyl sites for hydroxylation is 1. The Bertz CT molecular complexity index is 1220. The largest absolute Gasteiger partial charge is 0.496 e. The van der Waals surface area contributed by atoms with Crippen LogP contribution in [0.15, 0.2) is 49.1 Å². The molecule has 1 N–H and O–H groups in total. The summed E-state index contributed by atoms with van der Waals surface area (Å²) >= 11 is 0. The molecular weight excluding hydrogens is 385 g/mol. The molecule has 0 spiro atoms. The van der Waals surface area contributed by atoms with Crippen molar-refractivity contribution in [1.29, 1.82) is 0 Å². The van der Waals surface area contributed by atoms with Crippen LogP contribution in [0.5, 0.6) is 5.75 Å². The number of hydrogen-bond acceptors (Lipinski definition) is 5. The van der Waals surface area contributed by atoms with Crippen molar-refractivity contribution in [3.05, 3.63) is 60.4 Å². The molecule has 4 rings (SSSR count). The number of aromatic nitrogens is 4. The first-order chi connectivity index (χ1) is 14.5. The van der Waals surface area contributed by atoms with Crippen LogP contribution in [0.25, 0.3) is 22.0 Å². The van der Waals surface area contributed by atoms with Crippen molar-refractivity contribution in [3.63, 3.8) is 0 Å². The van der Waals surface area contributed by atoms with E-state index in [0.717, 1.165) is 16.7 Å². The number of anilines is 2. The first kappa shape index (κ1) is 19.5. The molecule has 1 aromatic carbocycles. The van der Waals surface area contributed by atoms with Crippen molar-refractivity contribution in [2.45, 2.75) is 20.3 Å². The van der Waals surface area contributed by atoms with Crippen LogP contribution in [0, 0.1) is 12.7 Å². The summed E-state index contributed by atoms with van der Waals surface area (Å²) < 4.78 is 20.2. The van der Waals surface area contributed by atoms with E-state index in [-0.39, 0.29) is 18.1 Å². The Morgan fingerprint density at radius 1 is 1.27 bits per heavy atom. The van der Waals surface area contributed by atoms with Gasteiger partial charge < -0.3 is 4.74 Å². The number of methoxy groups -OCH3 is 1. The normalized spacial score (nSPS) is 10.9. The number of amides is 1. The number of rotatable bonds is 5. The van der Waals surface area contributed by atoms with E-state index in [9.17, 15) is 9.18 Å². The number of benzene rings is 1. The number of ether oxygens (including phenoxy) is 1. The van der Waals surface area contributed by atoms with Gasteiger partial charge in [0.2, 0.25) is 5.91 Å². The zero-order chi connectivity index (χ0) is 21.3. The second-order valence-corrected chi connectivity index (χ2v) is 6.74. The standard InChI is InChI=1S/C22H20FN5O2/c1-4-20(29)28(22-17(23)6-5-7-24-22)21-13(2)10-25-18-9-19(30-3)15(8-16(18)21)14-11-26-27-12-14/h5-12H,4H2,1-3H3,(H,26,27). The third-order valence-corrected chi connectivity index (χ3v) is 4.88. The minimum absolute atomic E-state index is 0.0411. The highest BCUT2D eigenvalue weighted by molar-refractivity contribution is 6.09. The molecule has 0 radical (unpaired) electrons.